The first-order valence-electron chi connectivity index (χ1n) is 33.8. The lowest BCUT2D eigenvalue weighted by molar-refractivity contribution is -0.294. The van der Waals surface area contributed by atoms with Gasteiger partial charge < -0.3 is 30.2 Å². The van der Waals surface area contributed by atoms with E-state index in [9.17, 15) is 31.2 Å². The Hall–Kier alpha value is -4.44. The summed E-state index contributed by atoms with van der Waals surface area (Å²) in [6.07, 6.45) is 6.41. The van der Waals surface area contributed by atoms with Crippen LogP contribution in [-0.4, -0.2) is 177 Å². The number of piperidine rings is 6. The van der Waals surface area contributed by atoms with Crippen molar-refractivity contribution in [1.29, 1.82) is 0 Å². The molecule has 0 atom stereocenters. The Morgan fingerprint density at radius 3 is 0.663 bits per heavy atom. The van der Waals surface area contributed by atoms with Crippen molar-refractivity contribution in [2.45, 2.75) is 346 Å². The number of rotatable bonds is 14. The molecule has 512 valence electrons. The zero-order valence-electron chi connectivity index (χ0n) is 60.9. The van der Waals surface area contributed by atoms with Gasteiger partial charge in [-0.15, -0.1) is 61.6 Å². The number of benzene rings is 1. The molecule has 9 rings (SSSR count). The predicted octanol–water partition coefficient (Wildman–Crippen LogP) is 12.2. The minimum atomic E-state index is -0.735. The largest absolute Gasteiger partial charge is 0.351 e. The monoisotopic (exact) mass is 1280 g/mol. The summed E-state index contributed by atoms with van der Waals surface area (Å²) in [5.74, 6) is 2.36. The Balaban J connectivity index is 1.15. The first-order valence-corrected chi connectivity index (χ1v) is 33.8. The van der Waals surface area contributed by atoms with Crippen molar-refractivity contribution in [3.8, 4) is 0 Å². The van der Waals surface area contributed by atoms with Crippen LogP contribution in [0.4, 0.5) is 47.1 Å². The minimum Gasteiger partial charge on any atom is -0.351 e. The van der Waals surface area contributed by atoms with Crippen LogP contribution >= 0.6 is 0 Å². The summed E-state index contributed by atoms with van der Waals surface area (Å²) >= 11 is 0. The van der Waals surface area contributed by atoms with E-state index in [4.69, 9.17) is 29.9 Å². The summed E-state index contributed by atoms with van der Waals surface area (Å²) < 4.78 is 0. The van der Waals surface area contributed by atoms with E-state index in [1.54, 1.807) is 0 Å². The van der Waals surface area contributed by atoms with Gasteiger partial charge in [-0.25, -0.2) is 0 Å². The van der Waals surface area contributed by atoms with Crippen LogP contribution in [0.1, 0.15) is 243 Å². The molecular formula is C68H114N18O6. The second kappa shape index (κ2) is 23.7. The highest BCUT2D eigenvalue weighted by Crippen LogP contribution is 2.49. The van der Waals surface area contributed by atoms with Crippen LogP contribution in [0.15, 0.2) is 24.3 Å². The molecule has 2 N–H and O–H groups in total. The van der Waals surface area contributed by atoms with Gasteiger partial charge in [-0.2, -0.15) is 29.9 Å². The normalized spacial score (nSPS) is 27.1. The van der Waals surface area contributed by atoms with E-state index in [2.05, 4.69) is 20.4 Å². The zero-order chi connectivity index (χ0) is 68.8. The number of hydroxylamine groups is 12. The first kappa shape index (κ1) is 71.8. The Morgan fingerprint density at radius 2 is 0.467 bits per heavy atom. The van der Waals surface area contributed by atoms with Crippen LogP contribution < -0.4 is 30.2 Å². The van der Waals surface area contributed by atoms with Crippen LogP contribution in [0.5, 0.6) is 0 Å². The molecular weight excluding hydrogens is 1160 g/mol. The number of aromatic nitrogens is 6. The van der Waals surface area contributed by atoms with E-state index in [0.717, 1.165) is 11.4 Å². The quantitative estimate of drug-likeness (QED) is 0.152. The molecule has 2 aromatic heterocycles. The number of hydrogen-bond donors (Lipinski definition) is 2. The van der Waals surface area contributed by atoms with Crippen molar-refractivity contribution in [2.24, 2.45) is 0 Å². The third kappa shape index (κ3) is 13.9. The van der Waals surface area contributed by atoms with Crippen molar-refractivity contribution >= 4 is 47.1 Å². The van der Waals surface area contributed by atoms with E-state index in [-0.39, 0.29) is 36.3 Å². The van der Waals surface area contributed by atoms with Gasteiger partial charge in [0.15, 0.2) is 0 Å². The molecule has 0 saturated carbocycles. The van der Waals surface area contributed by atoms with E-state index < -0.39 is 66.5 Å². The van der Waals surface area contributed by atoms with Gasteiger partial charge in [0.05, 0.1) is 0 Å². The lowest BCUT2D eigenvalue weighted by atomic mass is 9.74. The fourth-order valence-electron chi connectivity index (χ4n) is 18.5. The summed E-state index contributed by atoms with van der Waals surface area (Å²) in [6, 6.07) is 6.94. The SMILES string of the molecule is CN(c1ccc(N(C)c2nc(NC3CC(C)(C)N([O])C(C)(C)C3)nc(N(C3CC(C)(C)N([O])C(C)(C)C3)C3CC(C)(C)N([O])C(C)(C)C3)n2)cc1)c1nc(NC2CC(C)(C)N([O])C(C)(C)C2)nc(N(C2CC(C)(C)N([O])C(C)(C)C2)C2CC(C)(C)N([O])C(C)(C)C2)n1. The highest BCUT2D eigenvalue weighted by molar-refractivity contribution is 5.66. The maximum atomic E-state index is 14.1. The smallest absolute Gasteiger partial charge is 0.236 e. The Bertz CT molecular complexity index is 2740. The molecule has 0 unspecified atom stereocenters. The second-order valence-electron chi connectivity index (χ2n) is 36.2. The predicted molar refractivity (Wildman–Crippen MR) is 357 cm³/mol. The maximum absolute atomic E-state index is 14.1. The Morgan fingerprint density at radius 1 is 0.293 bits per heavy atom. The van der Waals surface area contributed by atoms with Gasteiger partial charge in [-0.05, 0) is 267 Å². The standard InChI is InChI=1S/C68H114N18O6/c1-57(2)31-43(32-58(3,4)81(57)87)69-51-71-53(75-55(73-51)79(47-35-61(9,10)83(89)62(11,12)36-47)48-37-63(13,14)84(90)64(15,16)38-48)77(25)45-27-29-46(30-28-45)78(26)54-72-52(70-44-33-59(5,6)82(88)60(7,8)34-44)74-56(76-54)80(49-39-65(17,18)85(91)66(19,20)40-49)50-41-67(21,22)86(92)68(23,24)42-50/h27-30,43-44,47-50H,31-42H2,1-26H3,(H,69,71,73,75)(H,70,72,74,76). The van der Waals surface area contributed by atoms with Gasteiger partial charge in [0.1, 0.15) is 0 Å². The number of nitrogens with one attached hydrogen (secondary N) is 2. The number of nitrogens with zero attached hydrogens (tertiary/aromatic N) is 16. The van der Waals surface area contributed by atoms with Gasteiger partial charge >= 0.3 is 0 Å². The van der Waals surface area contributed by atoms with Crippen LogP contribution in [0.2, 0.25) is 0 Å². The van der Waals surface area contributed by atoms with Gasteiger partial charge in [-0.1, -0.05) is 0 Å². The molecule has 0 bridgehead atoms. The third-order valence-electron chi connectivity index (χ3n) is 21.6. The summed E-state index contributed by atoms with van der Waals surface area (Å²) in [5, 5.41) is 98.5. The minimum absolute atomic E-state index is 0.164. The maximum Gasteiger partial charge on any atom is 0.236 e. The average molecular weight is 1280 g/mol. The average Bonchev–Trinajstić information content (AvgIpc) is 0.750. The highest BCUT2D eigenvalue weighted by atomic mass is 16.5. The third-order valence-corrected chi connectivity index (χ3v) is 21.6. The Kier molecular flexibility index (Phi) is 18.5. The molecule has 24 heteroatoms. The number of anilines is 8. The van der Waals surface area contributed by atoms with Crippen LogP contribution in [0, 0.1) is 0 Å². The molecule has 92 heavy (non-hydrogen) atoms. The van der Waals surface area contributed by atoms with Crippen molar-refractivity contribution in [3.05, 3.63) is 24.3 Å². The fraction of sp³-hybridized carbons (Fsp3) is 0.824. The van der Waals surface area contributed by atoms with Gasteiger partial charge in [0.2, 0.25) is 35.7 Å². The van der Waals surface area contributed by atoms with E-state index >= 15 is 0 Å². The molecule has 6 fully saturated rings. The molecule has 3 aromatic rings. The van der Waals surface area contributed by atoms with Crippen LogP contribution in [0.25, 0.3) is 0 Å². The van der Waals surface area contributed by atoms with Crippen molar-refractivity contribution in [2.75, 3.05) is 44.3 Å². The van der Waals surface area contributed by atoms with Crippen molar-refractivity contribution in [3.63, 3.8) is 0 Å². The zero-order valence-corrected chi connectivity index (χ0v) is 60.9. The Labute approximate surface area is 550 Å². The number of hydrogen-bond acceptors (Lipinski definition) is 18. The summed E-state index contributed by atoms with van der Waals surface area (Å²) in [4.78, 5) is 40.5. The molecule has 6 saturated heterocycles. The molecule has 0 spiro atoms. The molecule has 6 radical (unpaired) electrons. The van der Waals surface area contributed by atoms with E-state index in [0.29, 0.717) is 113 Å². The summed E-state index contributed by atoms with van der Waals surface area (Å²) in [5.41, 5.74) is -7.05. The molecule has 6 aliphatic rings. The second-order valence-corrected chi connectivity index (χ2v) is 36.2. The lowest BCUT2D eigenvalue weighted by Gasteiger charge is -2.57. The van der Waals surface area contributed by atoms with E-state index in [1.807, 2.05) is 214 Å². The topological polar surface area (TPSA) is 253 Å². The van der Waals surface area contributed by atoms with E-state index in [1.165, 1.54) is 30.4 Å². The van der Waals surface area contributed by atoms with Gasteiger partial charge in [0.25, 0.3) is 0 Å². The molecule has 24 nitrogen and oxygen atoms in total. The molecule has 8 heterocycles. The first-order chi connectivity index (χ1) is 41.7. The van der Waals surface area contributed by atoms with Crippen LogP contribution in [-0.2, 0) is 31.2 Å². The molecule has 0 aliphatic carbocycles. The summed E-state index contributed by atoms with van der Waals surface area (Å²) in [6.45, 7) is 47.9. The molecule has 0 amide bonds. The lowest BCUT2D eigenvalue weighted by Crippen LogP contribution is -2.67. The fourth-order valence-corrected chi connectivity index (χ4v) is 18.5. The van der Waals surface area contributed by atoms with Gasteiger partial charge in [-0.3, -0.25) is 0 Å². The van der Waals surface area contributed by atoms with Crippen molar-refractivity contribution < 1.29 is 31.2 Å². The van der Waals surface area contributed by atoms with Gasteiger partial charge in [0, 0.05) is 128 Å². The highest BCUT2D eigenvalue weighted by Gasteiger charge is 2.57. The molecule has 6 aliphatic heterocycles. The summed E-state index contributed by atoms with van der Waals surface area (Å²) in [7, 11) is 3.87. The van der Waals surface area contributed by atoms with Crippen LogP contribution in [0.3, 0.4) is 0 Å². The molecule has 1 aromatic carbocycles. The van der Waals surface area contributed by atoms with Crippen molar-refractivity contribution in [1.82, 2.24) is 60.3 Å².